The Morgan fingerprint density at radius 3 is 2.25 bits per heavy atom. The van der Waals surface area contributed by atoms with Crippen molar-refractivity contribution < 1.29 is 63.0 Å². The molecule has 0 aromatic heterocycles. The fourth-order valence-corrected chi connectivity index (χ4v) is 9.73. The van der Waals surface area contributed by atoms with Crippen molar-refractivity contribution in [3.05, 3.63) is 59.8 Å². The molecule has 4 aliphatic rings. The van der Waals surface area contributed by atoms with E-state index in [4.69, 9.17) is 23.7 Å². The van der Waals surface area contributed by atoms with Gasteiger partial charge in [-0.1, -0.05) is 83.2 Å². The molecule has 1 amide bonds. The van der Waals surface area contributed by atoms with Gasteiger partial charge in [-0.2, -0.15) is 0 Å². The minimum Gasteiger partial charge on any atom is -0.460 e. The van der Waals surface area contributed by atoms with Crippen LogP contribution < -0.4 is 0 Å². The molecule has 364 valence electrons. The van der Waals surface area contributed by atoms with Gasteiger partial charge in [0.15, 0.2) is 5.78 Å². The van der Waals surface area contributed by atoms with E-state index in [1.165, 1.54) is 19.1 Å². The maximum Gasteiger partial charge on any atom is 0.329 e. The first-order valence-corrected chi connectivity index (χ1v) is 23.6. The highest BCUT2D eigenvalue weighted by Crippen LogP contribution is 2.37. The molecule has 2 saturated heterocycles. The highest BCUT2D eigenvalue weighted by Gasteiger charge is 2.53. The van der Waals surface area contributed by atoms with Gasteiger partial charge in [0.1, 0.15) is 30.1 Å². The maximum atomic E-state index is 14.3. The number of ketones is 3. The minimum absolute atomic E-state index is 0.0156. The Kier molecular flexibility index (Phi) is 20.7. The van der Waals surface area contributed by atoms with Crippen molar-refractivity contribution >= 4 is 29.2 Å². The normalized spacial score (nSPS) is 40.2. The second-order valence-electron chi connectivity index (χ2n) is 19.2. The monoisotopic (exact) mass is 912 g/mol. The number of methoxy groups -OCH3 is 3. The van der Waals surface area contributed by atoms with Crippen LogP contribution in [0, 0.1) is 35.5 Å². The Morgan fingerprint density at radius 2 is 1.57 bits per heavy atom. The topological polar surface area (TPSA) is 195 Å². The number of Topliss-reactive ketones (excluding diaryl/α,β-unsaturated/α-hetero) is 3. The SMILES string of the molecule is CO[C@H]1C[C@@H]2CC[C@@H](C)[C@@](O)(O2)C(=O)C(=O)N2CCCC[C@H]2C(=O)O[C@H]([C@@H](C)C[C@@H]2C=C[C@@H](O)[C@H](OC)C2)CC(=O)[C@H](C)/C=C(\C)[C@@H](O)[C@@H](OC)C(=O)[C@H](C)C[C@H](C)/C=C/C=C/C=C/1C. The molecule has 0 radical (unpaired) electrons. The summed E-state index contributed by atoms with van der Waals surface area (Å²) in [5.74, 6) is -8.28. The summed E-state index contributed by atoms with van der Waals surface area (Å²) in [6.07, 6.45) is 12.9. The highest BCUT2D eigenvalue weighted by atomic mass is 16.6. The molecule has 15 atom stereocenters. The van der Waals surface area contributed by atoms with Gasteiger partial charge in [-0.3, -0.25) is 19.2 Å². The van der Waals surface area contributed by atoms with E-state index >= 15 is 0 Å². The van der Waals surface area contributed by atoms with Crippen LogP contribution in [0.4, 0.5) is 0 Å². The molecule has 65 heavy (non-hydrogen) atoms. The van der Waals surface area contributed by atoms with Crippen molar-refractivity contribution in [2.24, 2.45) is 35.5 Å². The first kappa shape index (κ1) is 54.0. The van der Waals surface area contributed by atoms with E-state index in [-0.39, 0.29) is 48.7 Å². The fraction of sp³-hybridized carbons (Fsp3) is 0.706. The number of esters is 1. The van der Waals surface area contributed by atoms with Crippen LogP contribution in [0.5, 0.6) is 0 Å². The molecule has 2 fully saturated rings. The van der Waals surface area contributed by atoms with Crippen LogP contribution in [0.2, 0.25) is 0 Å². The van der Waals surface area contributed by atoms with Crippen molar-refractivity contribution in [1.82, 2.24) is 4.90 Å². The van der Waals surface area contributed by atoms with E-state index in [9.17, 15) is 39.3 Å². The van der Waals surface area contributed by atoms with E-state index < -0.39 is 90.0 Å². The van der Waals surface area contributed by atoms with Gasteiger partial charge in [0.2, 0.25) is 5.79 Å². The average molecular weight is 912 g/mol. The number of carbonyl (C=O) groups excluding carboxylic acids is 5. The number of allylic oxidation sites excluding steroid dienone is 7. The predicted molar refractivity (Wildman–Crippen MR) is 245 cm³/mol. The summed E-state index contributed by atoms with van der Waals surface area (Å²) < 4.78 is 29.3. The third-order valence-electron chi connectivity index (χ3n) is 14.1. The number of rotatable bonds is 6. The van der Waals surface area contributed by atoms with E-state index in [2.05, 4.69) is 0 Å². The number of hydrogen-bond donors (Lipinski definition) is 3. The molecule has 14 heteroatoms. The molecule has 14 nitrogen and oxygen atoms in total. The average Bonchev–Trinajstić information content (AvgIpc) is 3.28. The molecule has 0 aromatic rings. The lowest BCUT2D eigenvalue weighted by Crippen LogP contribution is -2.61. The number of piperidine rings is 1. The van der Waals surface area contributed by atoms with Crippen LogP contribution in [0.25, 0.3) is 0 Å². The quantitative estimate of drug-likeness (QED) is 0.161. The van der Waals surface area contributed by atoms with Crippen LogP contribution >= 0.6 is 0 Å². The third kappa shape index (κ3) is 14.2. The Bertz CT molecular complexity index is 1800. The molecule has 0 saturated carbocycles. The van der Waals surface area contributed by atoms with Gasteiger partial charge >= 0.3 is 5.97 Å². The molecule has 3 heterocycles. The predicted octanol–water partition coefficient (Wildman–Crippen LogP) is 5.96. The first-order chi connectivity index (χ1) is 30.7. The van der Waals surface area contributed by atoms with E-state index in [0.717, 1.165) is 5.57 Å². The number of nitrogens with zero attached hydrogens (tertiary/aromatic N) is 1. The number of aliphatic hydroxyl groups excluding tert-OH is 2. The zero-order chi connectivity index (χ0) is 48.2. The molecule has 3 aliphatic heterocycles. The second-order valence-corrected chi connectivity index (χ2v) is 19.2. The molecule has 2 bridgehead atoms. The smallest absolute Gasteiger partial charge is 0.329 e. The number of carbonyl (C=O) groups is 5. The maximum absolute atomic E-state index is 14.3. The number of aliphatic hydroxyl groups is 3. The zero-order valence-corrected chi connectivity index (χ0v) is 40.4. The summed E-state index contributed by atoms with van der Waals surface area (Å²) in [4.78, 5) is 71.7. The number of fused-ring (bicyclic) bond motifs is 3. The lowest BCUT2D eigenvalue weighted by Gasteiger charge is -2.42. The van der Waals surface area contributed by atoms with Crippen molar-refractivity contribution in [3.63, 3.8) is 0 Å². The third-order valence-corrected chi connectivity index (χ3v) is 14.1. The van der Waals surface area contributed by atoms with Gasteiger partial charge in [-0.05, 0) is 94.1 Å². The van der Waals surface area contributed by atoms with Gasteiger partial charge in [0.05, 0.1) is 24.4 Å². The highest BCUT2D eigenvalue weighted by molar-refractivity contribution is 6.39. The summed E-state index contributed by atoms with van der Waals surface area (Å²) >= 11 is 0. The summed E-state index contributed by atoms with van der Waals surface area (Å²) in [6.45, 7) is 12.7. The van der Waals surface area contributed by atoms with Crippen LogP contribution in [-0.2, 0) is 47.7 Å². The molecular formula is C51H77NO13. The largest absolute Gasteiger partial charge is 0.460 e. The van der Waals surface area contributed by atoms with E-state index in [1.807, 2.05) is 64.2 Å². The van der Waals surface area contributed by atoms with E-state index in [0.29, 0.717) is 56.9 Å². The number of ether oxygens (including phenoxy) is 5. The molecule has 0 spiro atoms. The van der Waals surface area contributed by atoms with Gasteiger partial charge in [0, 0.05) is 58.5 Å². The van der Waals surface area contributed by atoms with Crippen LogP contribution in [0.3, 0.4) is 0 Å². The van der Waals surface area contributed by atoms with Crippen molar-refractivity contribution in [2.75, 3.05) is 27.9 Å². The Labute approximate surface area is 386 Å². The van der Waals surface area contributed by atoms with E-state index in [1.54, 1.807) is 40.0 Å². The van der Waals surface area contributed by atoms with Crippen LogP contribution in [0.1, 0.15) is 113 Å². The Balaban J connectivity index is 1.71. The summed E-state index contributed by atoms with van der Waals surface area (Å²) in [6, 6.07) is -1.15. The molecule has 0 unspecified atom stereocenters. The minimum atomic E-state index is -2.43. The zero-order valence-electron chi connectivity index (χ0n) is 40.4. The summed E-state index contributed by atoms with van der Waals surface area (Å²) in [5.41, 5.74) is 1.25. The molecule has 0 aromatic carbocycles. The first-order valence-electron chi connectivity index (χ1n) is 23.6. The van der Waals surface area contributed by atoms with Gasteiger partial charge in [0.25, 0.3) is 11.7 Å². The molecule has 3 N–H and O–H groups in total. The molecule has 4 rings (SSSR count). The van der Waals surface area contributed by atoms with Crippen molar-refractivity contribution in [3.8, 4) is 0 Å². The van der Waals surface area contributed by atoms with Crippen molar-refractivity contribution in [1.29, 1.82) is 0 Å². The Morgan fingerprint density at radius 1 is 0.846 bits per heavy atom. The van der Waals surface area contributed by atoms with Gasteiger partial charge in [-0.15, -0.1) is 0 Å². The second kappa shape index (κ2) is 24.9. The molecular weight excluding hydrogens is 835 g/mol. The van der Waals surface area contributed by atoms with Gasteiger partial charge in [-0.25, -0.2) is 4.79 Å². The number of amides is 1. The lowest BCUT2D eigenvalue weighted by molar-refractivity contribution is -0.265. The van der Waals surface area contributed by atoms with Crippen molar-refractivity contribution in [2.45, 2.75) is 167 Å². The summed E-state index contributed by atoms with van der Waals surface area (Å²) in [5, 5.41) is 33.7. The standard InChI is InChI=1S/C51H77NO13/c1-30-16-12-11-13-17-31(2)42(61-8)28-38-21-19-36(7)51(60,65-38)48(57)49(58)52-23-15-14-18-39(52)50(59)64-43(33(4)26-37-20-22-40(53)44(27-37)62-9)29-41(54)32(3)25-35(6)46(56)47(63-10)45(55)34(5)24-30/h11-13,16-17,20,22,25,30,32-34,36-40,42-44,46-47,53,56,60H,14-15,18-19,21,23-24,26-29H2,1-10H3/b13-11+,16-12+,31-17+,35-25+/t30-,32-,33+,34-,36-,37+,38+,39+,40-,42+,43+,44-,46-,47+,51-/m1/s1. The lowest BCUT2D eigenvalue weighted by atomic mass is 9.82. The fourth-order valence-electron chi connectivity index (χ4n) is 9.73. The Hall–Kier alpha value is -3.63. The van der Waals surface area contributed by atoms with Crippen LogP contribution in [0.15, 0.2) is 59.8 Å². The number of cyclic esters (lactones) is 1. The van der Waals surface area contributed by atoms with Crippen LogP contribution in [-0.4, -0.2) is 132 Å². The molecule has 1 aliphatic carbocycles. The van der Waals surface area contributed by atoms with Gasteiger partial charge < -0.3 is 43.9 Å². The summed E-state index contributed by atoms with van der Waals surface area (Å²) in [7, 11) is 4.48. The number of hydrogen-bond acceptors (Lipinski definition) is 13.